The zero-order valence-electron chi connectivity index (χ0n) is 11.0. The summed E-state index contributed by atoms with van der Waals surface area (Å²) < 4.78 is 0. The van der Waals surface area contributed by atoms with Crippen LogP contribution in [0.4, 0.5) is 17.3 Å². The SMILES string of the molecule is CC1CCCCCC1Nc1ncnc(N)c1[N+](=O)[O-]. The van der Waals surface area contributed by atoms with Crippen LogP contribution in [-0.2, 0) is 0 Å². The van der Waals surface area contributed by atoms with Crippen molar-refractivity contribution >= 4 is 17.3 Å². The summed E-state index contributed by atoms with van der Waals surface area (Å²) in [6.07, 6.45) is 6.96. The second kappa shape index (κ2) is 5.81. The molecule has 19 heavy (non-hydrogen) atoms. The van der Waals surface area contributed by atoms with E-state index in [1.54, 1.807) is 0 Å². The van der Waals surface area contributed by atoms with Crippen LogP contribution in [0.3, 0.4) is 0 Å². The quantitative estimate of drug-likeness (QED) is 0.493. The molecule has 0 saturated heterocycles. The highest BCUT2D eigenvalue weighted by molar-refractivity contribution is 5.67. The van der Waals surface area contributed by atoms with Crippen LogP contribution in [0.1, 0.15) is 39.0 Å². The predicted octanol–water partition coefficient (Wildman–Crippen LogP) is 2.35. The van der Waals surface area contributed by atoms with Crippen molar-refractivity contribution in [2.45, 2.75) is 45.1 Å². The molecular weight excluding hydrogens is 246 g/mol. The molecule has 1 saturated carbocycles. The first-order chi connectivity index (χ1) is 9.09. The van der Waals surface area contributed by atoms with Crippen LogP contribution in [0.15, 0.2) is 6.33 Å². The van der Waals surface area contributed by atoms with E-state index < -0.39 is 4.92 Å². The van der Waals surface area contributed by atoms with Gasteiger partial charge in [-0.3, -0.25) is 10.1 Å². The molecule has 3 N–H and O–H groups in total. The fraction of sp³-hybridized carbons (Fsp3) is 0.667. The Bertz CT molecular complexity index is 465. The van der Waals surface area contributed by atoms with Crippen LogP contribution >= 0.6 is 0 Å². The second-order valence-corrected chi connectivity index (χ2v) is 5.08. The number of nitrogens with zero attached hydrogens (tertiary/aromatic N) is 3. The highest BCUT2D eigenvalue weighted by Crippen LogP contribution is 2.31. The molecule has 0 amide bonds. The van der Waals surface area contributed by atoms with Crippen LogP contribution < -0.4 is 11.1 Å². The van der Waals surface area contributed by atoms with Gasteiger partial charge in [0.2, 0.25) is 11.6 Å². The van der Waals surface area contributed by atoms with Crippen LogP contribution in [0.25, 0.3) is 0 Å². The topological polar surface area (TPSA) is 107 Å². The minimum Gasteiger partial charge on any atom is -0.378 e. The number of aromatic nitrogens is 2. The standard InChI is InChI=1S/C12H19N5O2/c1-8-5-3-2-4-6-9(8)16-12-10(17(18)19)11(13)14-7-15-12/h7-9H,2-6H2,1H3,(H3,13,14,15,16). The molecule has 1 heterocycles. The van der Waals surface area contributed by atoms with Crippen molar-refractivity contribution in [1.29, 1.82) is 0 Å². The first-order valence-corrected chi connectivity index (χ1v) is 6.61. The van der Waals surface area contributed by atoms with Gasteiger partial charge in [-0.25, -0.2) is 9.97 Å². The number of nitrogen functional groups attached to an aromatic ring is 1. The van der Waals surface area contributed by atoms with Crippen LogP contribution in [0, 0.1) is 16.0 Å². The summed E-state index contributed by atoms with van der Waals surface area (Å²) in [5.74, 6) is 0.610. The predicted molar refractivity (Wildman–Crippen MR) is 72.8 cm³/mol. The Morgan fingerprint density at radius 3 is 2.84 bits per heavy atom. The van der Waals surface area contributed by atoms with E-state index in [-0.39, 0.29) is 23.4 Å². The Kier molecular flexibility index (Phi) is 4.13. The molecular formula is C12H19N5O2. The molecule has 0 radical (unpaired) electrons. The van der Waals surface area contributed by atoms with Crippen LogP contribution in [-0.4, -0.2) is 20.9 Å². The van der Waals surface area contributed by atoms with Gasteiger partial charge in [-0.2, -0.15) is 0 Å². The number of hydrogen-bond acceptors (Lipinski definition) is 6. The van der Waals surface area contributed by atoms with Gasteiger partial charge >= 0.3 is 5.69 Å². The Morgan fingerprint density at radius 1 is 1.37 bits per heavy atom. The van der Waals surface area contributed by atoms with E-state index in [4.69, 9.17) is 5.73 Å². The van der Waals surface area contributed by atoms with Gasteiger partial charge < -0.3 is 11.1 Å². The van der Waals surface area contributed by atoms with Gasteiger partial charge in [-0.1, -0.05) is 26.2 Å². The average molecular weight is 265 g/mol. The molecule has 1 aliphatic carbocycles. The average Bonchev–Trinajstić information content (AvgIpc) is 2.54. The maximum atomic E-state index is 11.0. The maximum absolute atomic E-state index is 11.0. The van der Waals surface area contributed by atoms with Crippen molar-refractivity contribution in [2.75, 3.05) is 11.1 Å². The monoisotopic (exact) mass is 265 g/mol. The third kappa shape index (κ3) is 3.10. The lowest BCUT2D eigenvalue weighted by Gasteiger charge is -2.23. The van der Waals surface area contributed by atoms with Gasteiger partial charge in [0.1, 0.15) is 6.33 Å². The smallest absolute Gasteiger partial charge is 0.352 e. The minimum absolute atomic E-state index is 0.0937. The second-order valence-electron chi connectivity index (χ2n) is 5.08. The first-order valence-electron chi connectivity index (χ1n) is 6.61. The van der Waals surface area contributed by atoms with Gasteiger partial charge in [0, 0.05) is 6.04 Å². The van der Waals surface area contributed by atoms with Crippen LogP contribution in [0.5, 0.6) is 0 Å². The van der Waals surface area contributed by atoms with Crippen molar-refractivity contribution < 1.29 is 4.92 Å². The molecule has 7 nitrogen and oxygen atoms in total. The Labute approximate surface area is 111 Å². The summed E-state index contributed by atoms with van der Waals surface area (Å²) in [5.41, 5.74) is 5.34. The molecule has 2 rings (SSSR count). The van der Waals surface area contributed by atoms with Crippen molar-refractivity contribution in [3.63, 3.8) is 0 Å². The van der Waals surface area contributed by atoms with E-state index >= 15 is 0 Å². The third-order valence-corrected chi connectivity index (χ3v) is 3.72. The van der Waals surface area contributed by atoms with Crippen molar-refractivity contribution in [3.05, 3.63) is 16.4 Å². The summed E-state index contributed by atoms with van der Waals surface area (Å²) in [4.78, 5) is 18.2. The van der Waals surface area contributed by atoms with Gasteiger partial charge in [-0.05, 0) is 18.8 Å². The Balaban J connectivity index is 2.22. The van der Waals surface area contributed by atoms with E-state index in [2.05, 4.69) is 22.2 Å². The van der Waals surface area contributed by atoms with Crippen LogP contribution in [0.2, 0.25) is 0 Å². The molecule has 2 atom stereocenters. The molecule has 1 fully saturated rings. The number of nitro groups is 1. The summed E-state index contributed by atoms with van der Waals surface area (Å²) in [6.45, 7) is 2.17. The molecule has 1 aromatic rings. The van der Waals surface area contributed by atoms with E-state index in [1.807, 2.05) is 0 Å². The fourth-order valence-electron chi connectivity index (χ4n) is 2.56. The van der Waals surface area contributed by atoms with Gasteiger partial charge in [0.25, 0.3) is 0 Å². The van der Waals surface area contributed by atoms with Crippen molar-refractivity contribution in [3.8, 4) is 0 Å². The maximum Gasteiger partial charge on any atom is 0.352 e. The Hall–Kier alpha value is -1.92. The van der Waals surface area contributed by atoms with Crippen molar-refractivity contribution in [2.24, 2.45) is 5.92 Å². The Morgan fingerprint density at radius 2 is 2.11 bits per heavy atom. The molecule has 1 aliphatic rings. The van der Waals surface area contributed by atoms with Gasteiger partial charge in [-0.15, -0.1) is 0 Å². The minimum atomic E-state index is -0.529. The molecule has 0 aliphatic heterocycles. The van der Waals surface area contributed by atoms with E-state index in [1.165, 1.54) is 19.2 Å². The van der Waals surface area contributed by atoms with Crippen molar-refractivity contribution in [1.82, 2.24) is 9.97 Å². The molecule has 7 heteroatoms. The molecule has 0 spiro atoms. The molecule has 104 valence electrons. The number of anilines is 2. The molecule has 2 unspecified atom stereocenters. The number of nitrogens with two attached hydrogens (primary N) is 1. The van der Waals surface area contributed by atoms with Gasteiger partial charge in [0.15, 0.2) is 0 Å². The molecule has 0 bridgehead atoms. The van der Waals surface area contributed by atoms with Gasteiger partial charge in [0.05, 0.1) is 4.92 Å². The normalized spacial score (nSPS) is 23.6. The highest BCUT2D eigenvalue weighted by atomic mass is 16.6. The number of nitrogens with one attached hydrogen (secondary N) is 1. The summed E-state index contributed by atoms with van der Waals surface area (Å²) in [7, 11) is 0. The van der Waals surface area contributed by atoms with E-state index in [9.17, 15) is 10.1 Å². The number of rotatable bonds is 3. The van der Waals surface area contributed by atoms with E-state index in [0.29, 0.717) is 5.92 Å². The summed E-state index contributed by atoms with van der Waals surface area (Å²) in [6, 6.07) is 0.204. The number of hydrogen-bond donors (Lipinski definition) is 2. The molecule has 0 aromatic carbocycles. The lowest BCUT2D eigenvalue weighted by molar-refractivity contribution is -0.383. The zero-order valence-corrected chi connectivity index (χ0v) is 11.0. The summed E-state index contributed by atoms with van der Waals surface area (Å²) in [5, 5.41) is 14.2. The third-order valence-electron chi connectivity index (χ3n) is 3.72. The lowest BCUT2D eigenvalue weighted by atomic mass is 9.97. The molecule has 1 aromatic heterocycles. The van der Waals surface area contributed by atoms with E-state index in [0.717, 1.165) is 19.3 Å². The summed E-state index contributed by atoms with van der Waals surface area (Å²) >= 11 is 0. The lowest BCUT2D eigenvalue weighted by Crippen LogP contribution is -2.27. The first kappa shape index (κ1) is 13.5. The fourth-order valence-corrected chi connectivity index (χ4v) is 2.56. The largest absolute Gasteiger partial charge is 0.378 e. The zero-order chi connectivity index (χ0) is 13.8. The highest BCUT2D eigenvalue weighted by Gasteiger charge is 2.26.